The zero-order valence-corrected chi connectivity index (χ0v) is 13.0. The number of nitrogens with zero attached hydrogens (tertiary/aromatic N) is 2. The minimum absolute atomic E-state index is 0.555. The number of hydrogen-bond acceptors (Lipinski definition) is 4. The highest BCUT2D eigenvalue weighted by atomic mass is 32.1. The van der Waals surface area contributed by atoms with Crippen LogP contribution in [0.15, 0.2) is 35.7 Å². The van der Waals surface area contributed by atoms with Crippen LogP contribution in [0.5, 0.6) is 0 Å². The van der Waals surface area contributed by atoms with Crippen molar-refractivity contribution in [2.45, 2.75) is 19.4 Å². The Labute approximate surface area is 130 Å². The summed E-state index contributed by atoms with van der Waals surface area (Å²) in [5, 5.41) is 6.96. The molecule has 1 atom stereocenters. The smallest absolute Gasteiger partial charge is 0.107 e. The predicted molar refractivity (Wildman–Crippen MR) is 87.4 cm³/mol. The molecule has 0 aliphatic carbocycles. The lowest BCUT2D eigenvalue weighted by atomic mass is 9.87. The summed E-state index contributed by atoms with van der Waals surface area (Å²) < 4.78 is 0. The highest BCUT2D eigenvalue weighted by molar-refractivity contribution is 7.09. The van der Waals surface area contributed by atoms with Crippen molar-refractivity contribution in [3.63, 3.8) is 0 Å². The molecule has 1 N–H and O–H groups in total. The zero-order valence-electron chi connectivity index (χ0n) is 12.2. The average Bonchev–Trinajstić information content (AvgIpc) is 3.24. The van der Waals surface area contributed by atoms with Crippen LogP contribution >= 0.6 is 11.3 Å². The molecule has 0 bridgehead atoms. The van der Waals surface area contributed by atoms with E-state index >= 15 is 0 Å². The normalized spacial score (nSPS) is 25.9. The molecule has 21 heavy (non-hydrogen) atoms. The van der Waals surface area contributed by atoms with Crippen LogP contribution in [-0.4, -0.2) is 36.1 Å². The molecule has 2 aliphatic heterocycles. The summed E-state index contributed by atoms with van der Waals surface area (Å²) in [5.41, 5.74) is 2.89. The molecular weight excluding hydrogens is 278 g/mol. The third-order valence-electron chi connectivity index (χ3n) is 4.83. The van der Waals surface area contributed by atoms with Gasteiger partial charge in [0.25, 0.3) is 0 Å². The molecule has 3 nitrogen and oxygen atoms in total. The van der Waals surface area contributed by atoms with Crippen molar-refractivity contribution in [1.82, 2.24) is 15.2 Å². The van der Waals surface area contributed by atoms with Gasteiger partial charge in [0.15, 0.2) is 0 Å². The van der Waals surface area contributed by atoms with Crippen LogP contribution < -0.4 is 5.32 Å². The third kappa shape index (κ3) is 2.76. The molecule has 0 saturated carbocycles. The van der Waals surface area contributed by atoms with E-state index in [-0.39, 0.29) is 0 Å². The molecule has 1 unspecified atom stereocenters. The second kappa shape index (κ2) is 5.52. The van der Waals surface area contributed by atoms with E-state index in [9.17, 15) is 0 Å². The van der Waals surface area contributed by atoms with Gasteiger partial charge >= 0.3 is 0 Å². The maximum absolute atomic E-state index is 4.82. The molecule has 0 radical (unpaired) electrons. The van der Waals surface area contributed by atoms with Crippen molar-refractivity contribution in [3.05, 3.63) is 40.7 Å². The fourth-order valence-corrected chi connectivity index (χ4v) is 4.47. The fraction of sp³-hybridized carbons (Fsp3) is 0.471. The van der Waals surface area contributed by atoms with Gasteiger partial charge in [0, 0.05) is 24.0 Å². The van der Waals surface area contributed by atoms with E-state index in [0.717, 1.165) is 12.2 Å². The number of nitrogens with one attached hydrogen (secondary N) is 1. The van der Waals surface area contributed by atoms with Gasteiger partial charge in [-0.2, -0.15) is 0 Å². The lowest BCUT2D eigenvalue weighted by Gasteiger charge is -2.22. The fourth-order valence-electron chi connectivity index (χ4n) is 3.62. The van der Waals surface area contributed by atoms with Crippen LogP contribution in [0.4, 0.5) is 0 Å². The molecule has 1 spiro atoms. The number of benzene rings is 1. The number of rotatable bonds is 3. The molecule has 4 heteroatoms. The molecule has 2 saturated heterocycles. The van der Waals surface area contributed by atoms with E-state index in [4.69, 9.17) is 4.98 Å². The highest BCUT2D eigenvalue weighted by Crippen LogP contribution is 2.36. The Bertz CT molecular complexity index is 602. The summed E-state index contributed by atoms with van der Waals surface area (Å²) in [6.07, 6.45) is 2.69. The molecule has 3 heterocycles. The molecule has 2 fully saturated rings. The summed E-state index contributed by atoms with van der Waals surface area (Å²) in [7, 11) is 0. The van der Waals surface area contributed by atoms with Crippen LogP contribution in [0.2, 0.25) is 0 Å². The highest BCUT2D eigenvalue weighted by Gasteiger charge is 2.40. The molecule has 1 aromatic heterocycles. The summed E-state index contributed by atoms with van der Waals surface area (Å²) in [6.45, 7) is 5.88. The van der Waals surface area contributed by atoms with Gasteiger partial charge in [0.05, 0.1) is 12.2 Å². The van der Waals surface area contributed by atoms with Crippen LogP contribution in [0, 0.1) is 5.41 Å². The first kappa shape index (κ1) is 13.4. The van der Waals surface area contributed by atoms with Gasteiger partial charge in [0.2, 0.25) is 0 Å². The molecule has 1 aromatic carbocycles. The Balaban J connectivity index is 1.43. The van der Waals surface area contributed by atoms with E-state index in [2.05, 4.69) is 45.9 Å². The van der Waals surface area contributed by atoms with Crippen molar-refractivity contribution in [3.8, 4) is 11.3 Å². The Morgan fingerprint density at radius 1 is 1.24 bits per heavy atom. The van der Waals surface area contributed by atoms with E-state index in [1.807, 2.05) is 0 Å². The second-order valence-corrected chi connectivity index (χ2v) is 7.32. The van der Waals surface area contributed by atoms with Gasteiger partial charge in [-0.25, -0.2) is 4.98 Å². The number of hydrogen-bond donors (Lipinski definition) is 1. The van der Waals surface area contributed by atoms with Gasteiger partial charge in [-0.15, -0.1) is 11.3 Å². The summed E-state index contributed by atoms with van der Waals surface area (Å²) >= 11 is 1.79. The van der Waals surface area contributed by atoms with Gasteiger partial charge in [0.1, 0.15) is 5.01 Å². The average molecular weight is 299 g/mol. The van der Waals surface area contributed by atoms with Crippen molar-refractivity contribution < 1.29 is 0 Å². The van der Waals surface area contributed by atoms with E-state index in [0.29, 0.717) is 5.41 Å². The Hall–Kier alpha value is -1.23. The van der Waals surface area contributed by atoms with Crippen LogP contribution in [0.1, 0.15) is 17.8 Å². The molecule has 0 amide bonds. The maximum Gasteiger partial charge on any atom is 0.107 e. The van der Waals surface area contributed by atoms with Crippen molar-refractivity contribution >= 4 is 11.3 Å². The monoisotopic (exact) mass is 299 g/mol. The van der Waals surface area contributed by atoms with E-state index < -0.39 is 0 Å². The third-order valence-corrected chi connectivity index (χ3v) is 5.66. The number of aromatic nitrogens is 1. The largest absolute Gasteiger partial charge is 0.316 e. The molecular formula is C17H21N3S. The van der Waals surface area contributed by atoms with Crippen molar-refractivity contribution in [1.29, 1.82) is 0 Å². The minimum atomic E-state index is 0.555. The van der Waals surface area contributed by atoms with Gasteiger partial charge in [-0.3, -0.25) is 4.90 Å². The SMILES string of the molecule is c1ccc(-c2csc(CN3CCC4(CCNC4)C3)n2)cc1. The topological polar surface area (TPSA) is 28.2 Å². The molecule has 2 aromatic rings. The number of likely N-dealkylation sites (tertiary alicyclic amines) is 1. The van der Waals surface area contributed by atoms with Crippen LogP contribution in [0.25, 0.3) is 11.3 Å². The van der Waals surface area contributed by atoms with E-state index in [1.165, 1.54) is 49.6 Å². The van der Waals surface area contributed by atoms with Crippen molar-refractivity contribution in [2.75, 3.05) is 26.2 Å². The molecule has 4 rings (SSSR count). The zero-order chi connectivity index (χ0) is 14.1. The first-order valence-corrected chi connectivity index (χ1v) is 8.64. The Morgan fingerprint density at radius 3 is 2.95 bits per heavy atom. The summed E-state index contributed by atoms with van der Waals surface area (Å²) in [6, 6.07) is 10.5. The van der Waals surface area contributed by atoms with Gasteiger partial charge in [-0.05, 0) is 31.3 Å². The quantitative estimate of drug-likeness (QED) is 0.944. The Morgan fingerprint density at radius 2 is 2.14 bits per heavy atom. The van der Waals surface area contributed by atoms with Gasteiger partial charge < -0.3 is 5.32 Å². The van der Waals surface area contributed by atoms with Gasteiger partial charge in [-0.1, -0.05) is 30.3 Å². The lowest BCUT2D eigenvalue weighted by molar-refractivity contribution is 0.268. The van der Waals surface area contributed by atoms with Crippen LogP contribution in [-0.2, 0) is 6.54 Å². The van der Waals surface area contributed by atoms with Crippen molar-refractivity contribution in [2.24, 2.45) is 5.41 Å². The second-order valence-electron chi connectivity index (χ2n) is 6.38. The first-order valence-electron chi connectivity index (χ1n) is 7.76. The van der Waals surface area contributed by atoms with Crippen LogP contribution in [0.3, 0.4) is 0 Å². The maximum atomic E-state index is 4.82. The first-order chi connectivity index (χ1) is 10.3. The standard InChI is InChI=1S/C17H21N3S/c1-2-4-14(5-3-1)15-11-21-16(19-15)10-20-9-7-17(13-20)6-8-18-12-17/h1-5,11,18H,6-10,12-13H2. The van der Waals surface area contributed by atoms with E-state index in [1.54, 1.807) is 11.3 Å². The predicted octanol–water partition coefficient (Wildman–Crippen LogP) is 3.00. The minimum Gasteiger partial charge on any atom is -0.316 e. The molecule has 110 valence electrons. The lowest BCUT2D eigenvalue weighted by Crippen LogP contribution is -2.28. The Kier molecular flexibility index (Phi) is 3.53. The number of thiazole rings is 1. The summed E-state index contributed by atoms with van der Waals surface area (Å²) in [5.74, 6) is 0. The summed E-state index contributed by atoms with van der Waals surface area (Å²) in [4.78, 5) is 7.40. The molecule has 2 aliphatic rings.